The Balaban J connectivity index is 1.73. The lowest BCUT2D eigenvalue weighted by atomic mass is 10.2. The highest BCUT2D eigenvalue weighted by Crippen LogP contribution is 2.35. The number of rotatable bonds is 6. The average Bonchev–Trinajstić information content (AvgIpc) is 3.36. The number of thiophene rings is 1. The summed E-state index contributed by atoms with van der Waals surface area (Å²) >= 11 is 3.30. The van der Waals surface area contributed by atoms with Gasteiger partial charge in [-0.05, 0) is 42.5 Å². The van der Waals surface area contributed by atoms with Crippen LogP contribution in [0.2, 0.25) is 0 Å². The Morgan fingerprint density at radius 1 is 1.33 bits per heavy atom. The summed E-state index contributed by atoms with van der Waals surface area (Å²) in [5.74, 6) is 2.42. The molecule has 1 saturated heterocycles. The second kappa shape index (κ2) is 8.43. The topological polar surface area (TPSA) is 58.4 Å². The minimum absolute atomic E-state index is 0.165. The quantitative estimate of drug-likeness (QED) is 0.576. The third-order valence-corrected chi connectivity index (χ3v) is 6.25. The van der Waals surface area contributed by atoms with E-state index in [-0.39, 0.29) is 6.10 Å². The zero-order valence-corrected chi connectivity index (χ0v) is 16.9. The van der Waals surface area contributed by atoms with E-state index in [9.17, 15) is 0 Å². The molecule has 2 aromatic heterocycles. The molecule has 3 heterocycles. The maximum absolute atomic E-state index is 5.67. The molecular formula is C19H21N3O3S2. The first-order chi connectivity index (χ1) is 13.3. The molecule has 6 nitrogen and oxygen atoms in total. The Morgan fingerprint density at radius 2 is 2.26 bits per heavy atom. The van der Waals surface area contributed by atoms with E-state index in [0.717, 1.165) is 51.6 Å². The summed E-state index contributed by atoms with van der Waals surface area (Å²) in [5, 5.41) is 11.8. The molecule has 1 aromatic carbocycles. The van der Waals surface area contributed by atoms with Gasteiger partial charge in [0.15, 0.2) is 11.0 Å². The first-order valence-corrected chi connectivity index (χ1v) is 10.6. The van der Waals surface area contributed by atoms with E-state index in [1.807, 2.05) is 23.6 Å². The number of hydrogen-bond donors (Lipinski definition) is 0. The molecule has 3 aromatic rings. The van der Waals surface area contributed by atoms with E-state index in [1.54, 1.807) is 30.2 Å². The summed E-state index contributed by atoms with van der Waals surface area (Å²) < 4.78 is 18.6. The highest BCUT2D eigenvalue weighted by atomic mass is 32.2. The van der Waals surface area contributed by atoms with Crippen molar-refractivity contribution in [1.29, 1.82) is 0 Å². The number of thioether (sulfide) groups is 1. The van der Waals surface area contributed by atoms with Crippen molar-refractivity contribution < 1.29 is 14.2 Å². The first-order valence-electron chi connectivity index (χ1n) is 8.72. The fraction of sp³-hybridized carbons (Fsp3) is 0.368. The number of aromatic nitrogens is 3. The molecule has 0 aliphatic carbocycles. The first kappa shape index (κ1) is 18.5. The molecule has 1 aliphatic heterocycles. The van der Waals surface area contributed by atoms with Crippen molar-refractivity contribution in [3.8, 4) is 22.1 Å². The Morgan fingerprint density at radius 3 is 3.00 bits per heavy atom. The van der Waals surface area contributed by atoms with Crippen LogP contribution in [0.5, 0.6) is 5.75 Å². The van der Waals surface area contributed by atoms with Gasteiger partial charge in [-0.2, -0.15) is 0 Å². The van der Waals surface area contributed by atoms with E-state index in [0.29, 0.717) is 6.79 Å². The monoisotopic (exact) mass is 403 g/mol. The molecule has 1 fully saturated rings. The second-order valence-electron chi connectivity index (χ2n) is 6.21. The number of aryl methyl sites for hydroxylation is 1. The van der Waals surface area contributed by atoms with Crippen LogP contribution in [0.15, 0.2) is 40.9 Å². The van der Waals surface area contributed by atoms with Gasteiger partial charge in [-0.3, -0.25) is 4.57 Å². The number of benzene rings is 1. The van der Waals surface area contributed by atoms with E-state index in [2.05, 4.69) is 33.8 Å². The second-order valence-corrected chi connectivity index (χ2v) is 8.14. The van der Waals surface area contributed by atoms with E-state index in [4.69, 9.17) is 14.2 Å². The molecule has 0 bridgehead atoms. The maximum atomic E-state index is 5.67. The summed E-state index contributed by atoms with van der Waals surface area (Å²) in [6.07, 6.45) is 1.06. The SMILES string of the molecule is COc1ccc(C)cc1-n1c(SC[C@@H]2CCOCO2)nnc1-c1cccs1. The molecule has 142 valence electrons. The number of ether oxygens (including phenoxy) is 3. The highest BCUT2D eigenvalue weighted by Gasteiger charge is 2.22. The zero-order valence-electron chi connectivity index (χ0n) is 15.3. The molecule has 0 spiro atoms. The summed E-state index contributed by atoms with van der Waals surface area (Å²) in [5.41, 5.74) is 2.10. The van der Waals surface area contributed by atoms with Crippen molar-refractivity contribution in [3.05, 3.63) is 41.3 Å². The average molecular weight is 404 g/mol. The molecule has 1 aliphatic rings. The minimum atomic E-state index is 0.165. The summed E-state index contributed by atoms with van der Waals surface area (Å²) in [6.45, 7) is 3.18. The van der Waals surface area contributed by atoms with Crippen LogP contribution in [0.1, 0.15) is 12.0 Å². The molecule has 27 heavy (non-hydrogen) atoms. The number of hydrogen-bond acceptors (Lipinski definition) is 7. The van der Waals surface area contributed by atoms with Gasteiger partial charge < -0.3 is 14.2 Å². The van der Waals surface area contributed by atoms with Gasteiger partial charge in [-0.25, -0.2) is 0 Å². The third-order valence-electron chi connectivity index (χ3n) is 4.32. The molecule has 8 heteroatoms. The molecular weight excluding hydrogens is 382 g/mol. The van der Waals surface area contributed by atoms with Gasteiger partial charge in [0.25, 0.3) is 0 Å². The van der Waals surface area contributed by atoms with E-state index in [1.165, 1.54) is 0 Å². The lowest BCUT2D eigenvalue weighted by Gasteiger charge is -2.22. The molecule has 0 N–H and O–H groups in total. The normalized spacial score (nSPS) is 17.2. The van der Waals surface area contributed by atoms with Crippen molar-refractivity contribution >= 4 is 23.1 Å². The van der Waals surface area contributed by atoms with Gasteiger partial charge in [-0.15, -0.1) is 21.5 Å². The molecule has 0 radical (unpaired) electrons. The third kappa shape index (κ3) is 4.03. The van der Waals surface area contributed by atoms with Gasteiger partial charge in [0.1, 0.15) is 12.5 Å². The fourth-order valence-electron chi connectivity index (χ4n) is 2.92. The van der Waals surface area contributed by atoms with Gasteiger partial charge in [0, 0.05) is 5.75 Å². The van der Waals surface area contributed by atoms with Crippen molar-refractivity contribution in [3.63, 3.8) is 0 Å². The summed E-state index contributed by atoms with van der Waals surface area (Å²) in [4.78, 5) is 1.07. The molecule has 0 unspecified atom stereocenters. The maximum Gasteiger partial charge on any atom is 0.196 e. The van der Waals surface area contributed by atoms with Crippen LogP contribution < -0.4 is 4.74 Å². The number of methoxy groups -OCH3 is 1. The predicted molar refractivity (Wildman–Crippen MR) is 107 cm³/mol. The minimum Gasteiger partial charge on any atom is -0.495 e. The van der Waals surface area contributed by atoms with Crippen LogP contribution in [0.25, 0.3) is 16.4 Å². The summed E-state index contributed by atoms with van der Waals surface area (Å²) in [7, 11) is 1.69. The number of nitrogens with zero attached hydrogens (tertiary/aromatic N) is 3. The van der Waals surface area contributed by atoms with Crippen LogP contribution >= 0.6 is 23.1 Å². The molecule has 0 amide bonds. The Kier molecular flexibility index (Phi) is 5.77. The molecule has 1 atom stereocenters. The van der Waals surface area contributed by atoms with Crippen LogP contribution in [0.4, 0.5) is 0 Å². The lowest BCUT2D eigenvalue weighted by Crippen LogP contribution is -2.25. The van der Waals surface area contributed by atoms with Crippen LogP contribution in [-0.2, 0) is 9.47 Å². The van der Waals surface area contributed by atoms with Crippen molar-refractivity contribution in [1.82, 2.24) is 14.8 Å². The van der Waals surface area contributed by atoms with Gasteiger partial charge in [0.05, 0.1) is 30.4 Å². The van der Waals surface area contributed by atoms with E-state index < -0.39 is 0 Å². The Labute approximate surface area is 166 Å². The lowest BCUT2D eigenvalue weighted by molar-refractivity contribution is -0.130. The Hall–Kier alpha value is -1.87. The van der Waals surface area contributed by atoms with Crippen LogP contribution in [0, 0.1) is 6.92 Å². The predicted octanol–water partition coefficient (Wildman–Crippen LogP) is 4.17. The Bertz CT molecular complexity index is 890. The van der Waals surface area contributed by atoms with Crippen molar-refractivity contribution in [2.24, 2.45) is 0 Å². The van der Waals surface area contributed by atoms with Crippen LogP contribution in [0.3, 0.4) is 0 Å². The van der Waals surface area contributed by atoms with Gasteiger partial charge >= 0.3 is 0 Å². The van der Waals surface area contributed by atoms with Gasteiger partial charge in [0.2, 0.25) is 0 Å². The zero-order chi connectivity index (χ0) is 18.6. The van der Waals surface area contributed by atoms with Crippen molar-refractivity contribution in [2.75, 3.05) is 26.3 Å². The summed E-state index contributed by atoms with van der Waals surface area (Å²) in [6, 6.07) is 10.2. The standard InChI is InChI=1S/C19H21N3O3S2/c1-13-5-6-16(23-2)15(10-13)22-18(17-4-3-9-26-17)20-21-19(22)27-11-14-7-8-24-12-25-14/h3-6,9-10,14H,7-8,11-12H2,1-2H3/t14-/m0/s1. The van der Waals surface area contributed by atoms with Crippen molar-refractivity contribution in [2.45, 2.75) is 24.6 Å². The molecule has 4 rings (SSSR count). The smallest absolute Gasteiger partial charge is 0.196 e. The fourth-order valence-corrected chi connectivity index (χ4v) is 4.63. The van der Waals surface area contributed by atoms with Crippen LogP contribution in [-0.4, -0.2) is 47.1 Å². The largest absolute Gasteiger partial charge is 0.495 e. The van der Waals surface area contributed by atoms with Gasteiger partial charge in [-0.1, -0.05) is 23.9 Å². The van der Waals surface area contributed by atoms with E-state index >= 15 is 0 Å². The highest BCUT2D eigenvalue weighted by molar-refractivity contribution is 7.99. The molecule has 0 saturated carbocycles.